The maximum atomic E-state index is 4.85. The zero-order valence-corrected chi connectivity index (χ0v) is 25.8. The number of hydrogen-bond acceptors (Lipinski definition) is 3. The molecule has 6 aromatic rings. The van der Waals surface area contributed by atoms with Crippen molar-refractivity contribution in [1.82, 2.24) is 9.97 Å². The van der Waals surface area contributed by atoms with Crippen molar-refractivity contribution < 1.29 is 0 Å². The van der Waals surface area contributed by atoms with E-state index in [0.29, 0.717) is 0 Å². The van der Waals surface area contributed by atoms with Crippen LogP contribution in [0.4, 0.5) is 0 Å². The Hall–Kier alpha value is -3.34. The Kier molecular flexibility index (Phi) is 6.24. The van der Waals surface area contributed by atoms with Gasteiger partial charge in [-0.3, -0.25) is 0 Å². The lowest BCUT2D eigenvalue weighted by molar-refractivity contribution is 0.411. The summed E-state index contributed by atoms with van der Waals surface area (Å²) in [5.41, 5.74) is 8.84. The molecule has 6 rings (SSSR count). The highest BCUT2D eigenvalue weighted by Gasteiger charge is 2.22. The number of hydrogen-bond donors (Lipinski definition) is 0. The SMILES string of the molecule is Cc1cc(CC(C)(C)C)ccc1-c1ccc2c(c1)sc1c(-c3cc([Si](C)(C)C)c4ccccc4c3)ncnc12. The van der Waals surface area contributed by atoms with Crippen molar-refractivity contribution >= 4 is 55.7 Å². The lowest BCUT2D eigenvalue weighted by Gasteiger charge is -2.21. The fraction of sp³-hybridized carbons (Fsp3) is 0.257. The summed E-state index contributed by atoms with van der Waals surface area (Å²) in [6.07, 6.45) is 2.82. The average Bonchev–Trinajstić information content (AvgIpc) is 3.24. The van der Waals surface area contributed by atoms with E-state index in [1.54, 1.807) is 6.33 Å². The summed E-state index contributed by atoms with van der Waals surface area (Å²) in [6, 6.07) is 27.3. The number of nitrogens with zero attached hydrogens (tertiary/aromatic N) is 2. The average molecular weight is 545 g/mol. The lowest BCUT2D eigenvalue weighted by Crippen LogP contribution is -2.38. The number of thiophene rings is 1. The molecule has 2 heterocycles. The van der Waals surface area contributed by atoms with Gasteiger partial charge < -0.3 is 0 Å². The molecule has 0 N–H and O–H groups in total. The number of rotatable bonds is 4. The van der Waals surface area contributed by atoms with E-state index in [2.05, 4.69) is 120 Å². The Bertz CT molecular complexity index is 1870. The van der Waals surface area contributed by atoms with E-state index in [0.717, 1.165) is 17.6 Å². The van der Waals surface area contributed by atoms with Crippen LogP contribution < -0.4 is 5.19 Å². The van der Waals surface area contributed by atoms with E-state index in [4.69, 9.17) is 9.97 Å². The molecule has 0 fully saturated rings. The van der Waals surface area contributed by atoms with Crippen LogP contribution in [0.3, 0.4) is 0 Å². The molecular formula is C35H36N2SSi. The largest absolute Gasteiger partial charge is 0.235 e. The number of aromatic nitrogens is 2. The van der Waals surface area contributed by atoms with Gasteiger partial charge in [0.15, 0.2) is 0 Å². The molecule has 4 aromatic carbocycles. The van der Waals surface area contributed by atoms with E-state index >= 15 is 0 Å². The van der Waals surface area contributed by atoms with Crippen LogP contribution in [0.1, 0.15) is 31.9 Å². The van der Waals surface area contributed by atoms with Crippen molar-refractivity contribution in [3.05, 3.63) is 90.3 Å². The van der Waals surface area contributed by atoms with E-state index < -0.39 is 8.07 Å². The summed E-state index contributed by atoms with van der Waals surface area (Å²) in [5.74, 6) is 0. The minimum atomic E-state index is -1.57. The van der Waals surface area contributed by atoms with Gasteiger partial charge in [-0.25, -0.2) is 9.97 Å². The van der Waals surface area contributed by atoms with Gasteiger partial charge in [-0.2, -0.15) is 0 Å². The molecule has 0 radical (unpaired) electrons. The molecule has 196 valence electrons. The summed E-state index contributed by atoms with van der Waals surface area (Å²) in [4.78, 5) is 9.61. The third kappa shape index (κ3) is 4.92. The Morgan fingerprint density at radius 3 is 2.33 bits per heavy atom. The first kappa shape index (κ1) is 25.9. The molecule has 0 bridgehead atoms. The van der Waals surface area contributed by atoms with Crippen LogP contribution in [0, 0.1) is 12.3 Å². The van der Waals surface area contributed by atoms with Crippen molar-refractivity contribution in [1.29, 1.82) is 0 Å². The minimum absolute atomic E-state index is 0.281. The number of aryl methyl sites for hydroxylation is 1. The molecule has 0 saturated carbocycles. The fourth-order valence-electron chi connectivity index (χ4n) is 5.79. The molecule has 2 nitrogen and oxygen atoms in total. The topological polar surface area (TPSA) is 25.8 Å². The first-order chi connectivity index (χ1) is 18.5. The van der Waals surface area contributed by atoms with Gasteiger partial charge >= 0.3 is 0 Å². The molecule has 2 aromatic heterocycles. The van der Waals surface area contributed by atoms with Gasteiger partial charge in [-0.05, 0) is 63.9 Å². The van der Waals surface area contributed by atoms with Crippen molar-refractivity contribution in [3.63, 3.8) is 0 Å². The van der Waals surface area contributed by atoms with E-state index in [-0.39, 0.29) is 5.41 Å². The monoisotopic (exact) mass is 544 g/mol. The molecule has 0 atom stereocenters. The van der Waals surface area contributed by atoms with Gasteiger partial charge in [0.25, 0.3) is 0 Å². The molecule has 0 saturated heterocycles. The van der Waals surface area contributed by atoms with Gasteiger partial charge in [0.2, 0.25) is 0 Å². The maximum absolute atomic E-state index is 4.85. The molecule has 0 amide bonds. The molecule has 4 heteroatoms. The third-order valence-electron chi connectivity index (χ3n) is 7.53. The van der Waals surface area contributed by atoms with Gasteiger partial charge in [0, 0.05) is 15.6 Å². The van der Waals surface area contributed by atoms with Crippen LogP contribution in [0.5, 0.6) is 0 Å². The van der Waals surface area contributed by atoms with Crippen molar-refractivity contribution in [3.8, 4) is 22.4 Å². The van der Waals surface area contributed by atoms with Gasteiger partial charge in [-0.15, -0.1) is 11.3 Å². The van der Waals surface area contributed by atoms with E-state index in [1.807, 2.05) is 11.3 Å². The molecular weight excluding hydrogens is 509 g/mol. The minimum Gasteiger partial charge on any atom is -0.235 e. The van der Waals surface area contributed by atoms with E-state index in [9.17, 15) is 0 Å². The fourth-order valence-corrected chi connectivity index (χ4v) is 8.62. The van der Waals surface area contributed by atoms with E-state index in [1.165, 1.54) is 58.6 Å². The van der Waals surface area contributed by atoms with Crippen LogP contribution in [0.25, 0.3) is 53.5 Å². The second-order valence-electron chi connectivity index (χ2n) is 13.1. The summed E-state index contributed by atoms with van der Waals surface area (Å²) in [5, 5.41) is 5.34. The van der Waals surface area contributed by atoms with Crippen LogP contribution in [-0.2, 0) is 6.42 Å². The van der Waals surface area contributed by atoms with Gasteiger partial charge in [-0.1, -0.05) is 106 Å². The summed E-state index contributed by atoms with van der Waals surface area (Å²) in [6.45, 7) is 16.4. The number of fused-ring (bicyclic) bond motifs is 4. The Morgan fingerprint density at radius 2 is 1.59 bits per heavy atom. The predicted molar refractivity (Wildman–Crippen MR) is 174 cm³/mol. The molecule has 0 unspecified atom stereocenters. The summed E-state index contributed by atoms with van der Waals surface area (Å²) < 4.78 is 2.42. The predicted octanol–water partition coefficient (Wildman–Crippen LogP) is 9.77. The quantitative estimate of drug-likeness (QED) is 0.206. The first-order valence-electron chi connectivity index (χ1n) is 13.8. The Labute approximate surface area is 236 Å². The molecule has 0 aliphatic carbocycles. The number of benzene rings is 4. The Morgan fingerprint density at radius 1 is 0.795 bits per heavy atom. The molecule has 0 spiro atoms. The first-order valence-corrected chi connectivity index (χ1v) is 18.1. The second-order valence-corrected chi connectivity index (χ2v) is 19.2. The second kappa shape index (κ2) is 9.39. The van der Waals surface area contributed by atoms with Gasteiger partial charge in [0.05, 0.1) is 24.0 Å². The Balaban J connectivity index is 1.49. The highest BCUT2D eigenvalue weighted by molar-refractivity contribution is 7.26. The summed E-state index contributed by atoms with van der Waals surface area (Å²) in [7, 11) is -1.57. The van der Waals surface area contributed by atoms with Gasteiger partial charge in [0.1, 0.15) is 6.33 Å². The maximum Gasteiger partial charge on any atom is 0.116 e. The highest BCUT2D eigenvalue weighted by atomic mass is 32.1. The van der Waals surface area contributed by atoms with Crippen LogP contribution in [0.15, 0.2) is 79.1 Å². The molecule has 39 heavy (non-hydrogen) atoms. The smallest absolute Gasteiger partial charge is 0.116 e. The standard InChI is InChI=1S/C35H36N2SSi/c1-22-16-23(20-35(2,3)4)12-14-27(22)25-13-15-29-30(18-25)38-34-32(36-21-37-33(29)34)26-17-24-10-8-9-11-28(24)31(19-26)39(5,6)7/h8-19,21H,20H2,1-7H3. The third-order valence-corrected chi connectivity index (χ3v) is 10.7. The van der Waals surface area contributed by atoms with Crippen molar-refractivity contribution in [2.24, 2.45) is 5.41 Å². The molecule has 0 aliphatic rings. The molecule has 0 aliphatic heterocycles. The van der Waals surface area contributed by atoms with Crippen molar-refractivity contribution in [2.75, 3.05) is 0 Å². The van der Waals surface area contributed by atoms with Crippen LogP contribution in [-0.4, -0.2) is 18.0 Å². The zero-order chi connectivity index (χ0) is 27.5. The highest BCUT2D eigenvalue weighted by Crippen LogP contribution is 2.40. The van der Waals surface area contributed by atoms with Crippen molar-refractivity contribution in [2.45, 2.75) is 53.8 Å². The summed E-state index contributed by atoms with van der Waals surface area (Å²) >= 11 is 1.81. The zero-order valence-electron chi connectivity index (χ0n) is 24.0. The van der Waals surface area contributed by atoms with Crippen LogP contribution in [0.2, 0.25) is 19.6 Å². The lowest BCUT2D eigenvalue weighted by atomic mass is 9.86. The normalized spacial score (nSPS) is 12.6. The van der Waals surface area contributed by atoms with Crippen LogP contribution >= 0.6 is 11.3 Å².